The number of hydrogen-bond acceptors (Lipinski definition) is 5. The zero-order valence-corrected chi connectivity index (χ0v) is 10.3. The summed E-state index contributed by atoms with van der Waals surface area (Å²) in [6.07, 6.45) is 1.57. The molecule has 0 aliphatic heterocycles. The highest BCUT2D eigenvalue weighted by molar-refractivity contribution is 5.46. The summed E-state index contributed by atoms with van der Waals surface area (Å²) in [5, 5.41) is 6.43. The number of anilines is 2. The molecule has 0 aliphatic rings. The van der Waals surface area contributed by atoms with Gasteiger partial charge in [-0.15, -0.1) is 0 Å². The van der Waals surface area contributed by atoms with E-state index in [2.05, 4.69) is 39.5 Å². The molecule has 1 aromatic rings. The summed E-state index contributed by atoms with van der Waals surface area (Å²) in [6, 6.07) is 1.93. The maximum atomic E-state index is 4.16. The number of aromatic nitrogens is 2. The number of nitrogens with zero attached hydrogens (tertiary/aromatic N) is 3. The van der Waals surface area contributed by atoms with Crippen LogP contribution in [0, 0.1) is 0 Å². The maximum Gasteiger partial charge on any atom is 0.131 e. The third kappa shape index (κ3) is 4.44. The fourth-order valence-electron chi connectivity index (χ4n) is 1.26. The lowest BCUT2D eigenvalue weighted by molar-refractivity contribution is 0.367. The Balaban J connectivity index is 2.38. The number of hydrogen-bond donors (Lipinski definition) is 2. The minimum absolute atomic E-state index is 0.865. The van der Waals surface area contributed by atoms with E-state index in [1.165, 1.54) is 0 Å². The molecule has 0 fully saturated rings. The Morgan fingerprint density at radius 3 is 2.50 bits per heavy atom. The molecule has 0 unspecified atom stereocenters. The first-order valence-electron chi connectivity index (χ1n) is 5.74. The highest BCUT2D eigenvalue weighted by atomic mass is 15.1. The molecular formula is C11H21N5. The Morgan fingerprint density at radius 2 is 1.88 bits per heavy atom. The van der Waals surface area contributed by atoms with Crippen molar-refractivity contribution in [2.75, 3.05) is 43.9 Å². The molecule has 1 heterocycles. The zero-order chi connectivity index (χ0) is 11.8. The van der Waals surface area contributed by atoms with Crippen molar-refractivity contribution in [3.63, 3.8) is 0 Å². The summed E-state index contributed by atoms with van der Waals surface area (Å²) in [6.45, 7) is 8.03. The monoisotopic (exact) mass is 223 g/mol. The molecule has 0 saturated carbocycles. The van der Waals surface area contributed by atoms with Gasteiger partial charge >= 0.3 is 0 Å². The van der Waals surface area contributed by atoms with Crippen molar-refractivity contribution in [1.29, 1.82) is 0 Å². The highest BCUT2D eigenvalue weighted by Gasteiger charge is 1.98. The predicted molar refractivity (Wildman–Crippen MR) is 67.9 cm³/mol. The van der Waals surface area contributed by atoms with Gasteiger partial charge in [0.25, 0.3) is 0 Å². The third-order valence-electron chi connectivity index (χ3n) is 2.36. The smallest absolute Gasteiger partial charge is 0.131 e. The third-order valence-corrected chi connectivity index (χ3v) is 2.36. The van der Waals surface area contributed by atoms with E-state index in [0.717, 1.165) is 37.8 Å². The average molecular weight is 223 g/mol. The first kappa shape index (κ1) is 12.7. The standard InChI is InChI=1S/C11H21N5/c1-4-12-10-8-11(15-9-14-10)13-6-7-16(3)5-2/h8-9H,4-7H2,1-3H3,(H2,12,13,14,15). The van der Waals surface area contributed by atoms with Gasteiger partial charge < -0.3 is 15.5 Å². The molecule has 0 radical (unpaired) electrons. The molecule has 5 heteroatoms. The van der Waals surface area contributed by atoms with Crippen molar-refractivity contribution in [2.24, 2.45) is 0 Å². The van der Waals surface area contributed by atoms with Crippen molar-refractivity contribution < 1.29 is 0 Å². The summed E-state index contributed by atoms with van der Waals surface area (Å²) in [5.74, 6) is 1.74. The van der Waals surface area contributed by atoms with Gasteiger partial charge in [-0.25, -0.2) is 9.97 Å². The minimum atomic E-state index is 0.865. The Hall–Kier alpha value is -1.36. The van der Waals surface area contributed by atoms with Crippen LogP contribution in [0.15, 0.2) is 12.4 Å². The van der Waals surface area contributed by atoms with Crippen molar-refractivity contribution >= 4 is 11.6 Å². The SMILES string of the molecule is CCNc1cc(NCCN(C)CC)ncn1. The van der Waals surface area contributed by atoms with E-state index < -0.39 is 0 Å². The Kier molecular flexibility index (Phi) is 5.56. The fraction of sp³-hybridized carbons (Fsp3) is 0.636. The normalized spacial score (nSPS) is 10.5. The highest BCUT2D eigenvalue weighted by Crippen LogP contribution is 2.07. The van der Waals surface area contributed by atoms with E-state index >= 15 is 0 Å². The van der Waals surface area contributed by atoms with Crippen LogP contribution in [0.5, 0.6) is 0 Å². The molecule has 0 saturated heterocycles. The minimum Gasteiger partial charge on any atom is -0.370 e. The lowest BCUT2D eigenvalue weighted by Crippen LogP contribution is -2.24. The van der Waals surface area contributed by atoms with Gasteiger partial charge in [0.2, 0.25) is 0 Å². The average Bonchev–Trinajstić information content (AvgIpc) is 2.30. The van der Waals surface area contributed by atoms with Gasteiger partial charge in [-0.2, -0.15) is 0 Å². The molecular weight excluding hydrogens is 202 g/mol. The van der Waals surface area contributed by atoms with Crippen LogP contribution in [0.1, 0.15) is 13.8 Å². The molecule has 0 bridgehead atoms. The van der Waals surface area contributed by atoms with Gasteiger partial charge in [0.15, 0.2) is 0 Å². The summed E-state index contributed by atoms with van der Waals surface area (Å²) >= 11 is 0. The van der Waals surface area contributed by atoms with Gasteiger partial charge in [0.05, 0.1) is 0 Å². The van der Waals surface area contributed by atoms with Crippen LogP contribution in [0.4, 0.5) is 11.6 Å². The van der Waals surface area contributed by atoms with E-state index in [1.54, 1.807) is 6.33 Å². The second-order valence-electron chi connectivity index (χ2n) is 3.64. The summed E-state index contributed by atoms with van der Waals surface area (Å²) in [7, 11) is 2.10. The predicted octanol–water partition coefficient (Wildman–Crippen LogP) is 1.27. The number of rotatable bonds is 7. The molecule has 0 atom stereocenters. The molecule has 0 spiro atoms. The van der Waals surface area contributed by atoms with Gasteiger partial charge in [0.1, 0.15) is 18.0 Å². The van der Waals surface area contributed by atoms with Gasteiger partial charge in [-0.1, -0.05) is 6.92 Å². The Bertz CT molecular complexity index is 302. The Morgan fingerprint density at radius 1 is 1.19 bits per heavy atom. The van der Waals surface area contributed by atoms with Crippen molar-refractivity contribution in [2.45, 2.75) is 13.8 Å². The molecule has 1 rings (SSSR count). The van der Waals surface area contributed by atoms with Gasteiger partial charge in [-0.05, 0) is 20.5 Å². The second-order valence-corrected chi connectivity index (χ2v) is 3.64. The van der Waals surface area contributed by atoms with Crippen molar-refractivity contribution in [3.8, 4) is 0 Å². The van der Waals surface area contributed by atoms with E-state index in [1.807, 2.05) is 13.0 Å². The summed E-state index contributed by atoms with van der Waals surface area (Å²) in [5.41, 5.74) is 0. The molecule has 0 aromatic carbocycles. The van der Waals surface area contributed by atoms with E-state index in [4.69, 9.17) is 0 Å². The van der Waals surface area contributed by atoms with Crippen LogP contribution in [0.25, 0.3) is 0 Å². The molecule has 0 amide bonds. The van der Waals surface area contributed by atoms with Crippen LogP contribution in [-0.2, 0) is 0 Å². The van der Waals surface area contributed by atoms with Crippen LogP contribution in [0.3, 0.4) is 0 Å². The van der Waals surface area contributed by atoms with Crippen molar-refractivity contribution in [1.82, 2.24) is 14.9 Å². The quantitative estimate of drug-likeness (QED) is 0.729. The van der Waals surface area contributed by atoms with Gasteiger partial charge in [-0.3, -0.25) is 0 Å². The van der Waals surface area contributed by atoms with Crippen LogP contribution in [-0.4, -0.2) is 48.1 Å². The van der Waals surface area contributed by atoms with E-state index in [-0.39, 0.29) is 0 Å². The van der Waals surface area contributed by atoms with E-state index in [9.17, 15) is 0 Å². The van der Waals surface area contributed by atoms with Crippen LogP contribution < -0.4 is 10.6 Å². The lowest BCUT2D eigenvalue weighted by atomic mass is 10.4. The molecule has 90 valence electrons. The number of nitrogens with one attached hydrogen (secondary N) is 2. The molecule has 5 nitrogen and oxygen atoms in total. The summed E-state index contributed by atoms with van der Waals surface area (Å²) in [4.78, 5) is 10.5. The Labute approximate surface area is 97.3 Å². The van der Waals surface area contributed by atoms with Crippen LogP contribution >= 0.6 is 0 Å². The maximum absolute atomic E-state index is 4.16. The zero-order valence-electron chi connectivity index (χ0n) is 10.3. The first-order valence-corrected chi connectivity index (χ1v) is 5.74. The molecule has 0 aliphatic carbocycles. The lowest BCUT2D eigenvalue weighted by Gasteiger charge is -2.14. The van der Waals surface area contributed by atoms with Crippen molar-refractivity contribution in [3.05, 3.63) is 12.4 Å². The fourth-order valence-corrected chi connectivity index (χ4v) is 1.26. The summed E-state index contributed by atoms with van der Waals surface area (Å²) < 4.78 is 0. The second kappa shape index (κ2) is 7.00. The topological polar surface area (TPSA) is 53.1 Å². The molecule has 2 N–H and O–H groups in total. The van der Waals surface area contributed by atoms with E-state index in [0.29, 0.717) is 0 Å². The largest absolute Gasteiger partial charge is 0.370 e. The van der Waals surface area contributed by atoms with Gasteiger partial charge in [0, 0.05) is 25.7 Å². The molecule has 1 aromatic heterocycles. The number of likely N-dealkylation sites (N-methyl/N-ethyl adjacent to an activating group) is 1. The first-order chi connectivity index (χ1) is 7.76. The van der Waals surface area contributed by atoms with Crippen LogP contribution in [0.2, 0.25) is 0 Å². The molecule has 16 heavy (non-hydrogen) atoms.